The van der Waals surface area contributed by atoms with E-state index in [1.165, 1.54) is 6.07 Å². The summed E-state index contributed by atoms with van der Waals surface area (Å²) in [6.45, 7) is 0.381. The molecule has 0 aliphatic carbocycles. The maximum absolute atomic E-state index is 13.5. The molecule has 0 aliphatic heterocycles. The molecule has 130 valence electrons. The van der Waals surface area contributed by atoms with Crippen LogP contribution < -0.4 is 11.0 Å². The number of hydrogen-bond donors (Lipinski definition) is 1. The summed E-state index contributed by atoms with van der Waals surface area (Å²) in [6, 6.07) is 12.1. The SMILES string of the molecule is Cn1c(=O)n(C)c2cc(CC(=O)NCCc3ccccc3F)ccc21. The van der Waals surface area contributed by atoms with Crippen LogP contribution in [0.4, 0.5) is 4.39 Å². The molecular formula is C19H20FN3O2. The van der Waals surface area contributed by atoms with Gasteiger partial charge in [-0.3, -0.25) is 13.9 Å². The molecule has 5 nitrogen and oxygen atoms in total. The first kappa shape index (κ1) is 17.0. The van der Waals surface area contributed by atoms with Crippen LogP contribution in [0, 0.1) is 5.82 Å². The second-order valence-corrected chi connectivity index (χ2v) is 6.09. The first-order valence-electron chi connectivity index (χ1n) is 8.12. The minimum absolute atomic E-state index is 0.0958. The van der Waals surface area contributed by atoms with Gasteiger partial charge in [0.15, 0.2) is 0 Å². The van der Waals surface area contributed by atoms with Crippen LogP contribution in [0.1, 0.15) is 11.1 Å². The molecule has 0 unspecified atom stereocenters. The van der Waals surface area contributed by atoms with Gasteiger partial charge in [-0.05, 0) is 35.7 Å². The van der Waals surface area contributed by atoms with Crippen molar-refractivity contribution in [2.45, 2.75) is 12.8 Å². The minimum atomic E-state index is -0.257. The van der Waals surface area contributed by atoms with Gasteiger partial charge in [0.25, 0.3) is 0 Å². The fraction of sp³-hybridized carbons (Fsp3) is 0.263. The summed E-state index contributed by atoms with van der Waals surface area (Å²) in [7, 11) is 3.43. The number of aromatic nitrogens is 2. The molecule has 1 heterocycles. The van der Waals surface area contributed by atoms with E-state index in [4.69, 9.17) is 0 Å². The Morgan fingerprint density at radius 3 is 2.56 bits per heavy atom. The van der Waals surface area contributed by atoms with Crippen molar-refractivity contribution in [3.05, 3.63) is 69.9 Å². The third kappa shape index (κ3) is 3.47. The number of fused-ring (bicyclic) bond motifs is 1. The molecule has 1 aromatic heterocycles. The molecule has 0 bridgehead atoms. The molecule has 0 saturated carbocycles. The van der Waals surface area contributed by atoms with E-state index in [0.717, 1.165) is 16.6 Å². The summed E-state index contributed by atoms with van der Waals surface area (Å²) < 4.78 is 16.7. The van der Waals surface area contributed by atoms with Gasteiger partial charge in [-0.15, -0.1) is 0 Å². The molecule has 3 rings (SSSR count). The van der Waals surface area contributed by atoms with Crippen LogP contribution in [0.25, 0.3) is 11.0 Å². The number of amides is 1. The van der Waals surface area contributed by atoms with Crippen LogP contribution in [0.2, 0.25) is 0 Å². The normalized spacial score (nSPS) is 11.0. The maximum Gasteiger partial charge on any atom is 0.328 e. The summed E-state index contributed by atoms with van der Waals surface area (Å²) in [5, 5.41) is 2.81. The zero-order chi connectivity index (χ0) is 18.0. The monoisotopic (exact) mass is 341 g/mol. The largest absolute Gasteiger partial charge is 0.355 e. The molecule has 0 spiro atoms. The van der Waals surface area contributed by atoms with Crippen molar-refractivity contribution in [3.63, 3.8) is 0 Å². The Morgan fingerprint density at radius 1 is 1.08 bits per heavy atom. The lowest BCUT2D eigenvalue weighted by atomic mass is 10.1. The Morgan fingerprint density at radius 2 is 1.80 bits per heavy atom. The number of imidazole rings is 1. The highest BCUT2D eigenvalue weighted by atomic mass is 19.1. The quantitative estimate of drug-likeness (QED) is 0.771. The Bertz CT molecular complexity index is 988. The van der Waals surface area contributed by atoms with E-state index < -0.39 is 0 Å². The van der Waals surface area contributed by atoms with Crippen LogP contribution >= 0.6 is 0 Å². The lowest BCUT2D eigenvalue weighted by Gasteiger charge is -2.07. The Kier molecular flexibility index (Phi) is 4.70. The maximum atomic E-state index is 13.5. The van der Waals surface area contributed by atoms with Gasteiger partial charge < -0.3 is 5.32 Å². The number of nitrogens with one attached hydrogen (secondary N) is 1. The molecule has 1 N–H and O–H groups in total. The molecule has 1 amide bonds. The van der Waals surface area contributed by atoms with Crippen LogP contribution in [0.15, 0.2) is 47.3 Å². The highest BCUT2D eigenvalue weighted by molar-refractivity contribution is 5.82. The fourth-order valence-electron chi connectivity index (χ4n) is 2.95. The lowest BCUT2D eigenvalue weighted by Crippen LogP contribution is -2.27. The third-order valence-corrected chi connectivity index (χ3v) is 4.38. The molecule has 0 saturated heterocycles. The van der Waals surface area contributed by atoms with Gasteiger partial charge in [0.1, 0.15) is 5.82 Å². The van der Waals surface area contributed by atoms with Gasteiger partial charge in [0.2, 0.25) is 5.91 Å². The van der Waals surface area contributed by atoms with Gasteiger partial charge in [0.05, 0.1) is 17.5 Å². The van der Waals surface area contributed by atoms with Crippen molar-refractivity contribution >= 4 is 16.9 Å². The number of hydrogen-bond acceptors (Lipinski definition) is 2. The average Bonchev–Trinajstić information content (AvgIpc) is 2.81. The summed E-state index contributed by atoms with van der Waals surface area (Å²) >= 11 is 0. The number of aryl methyl sites for hydroxylation is 2. The predicted octanol–water partition coefficient (Wildman–Crippen LogP) is 1.92. The summed E-state index contributed by atoms with van der Waals surface area (Å²) in [5.41, 5.74) is 2.95. The summed E-state index contributed by atoms with van der Waals surface area (Å²) in [5.74, 6) is -0.385. The van der Waals surface area contributed by atoms with Crippen molar-refractivity contribution in [3.8, 4) is 0 Å². The standard InChI is InChI=1S/C19H20FN3O2/c1-22-16-8-7-13(11-17(16)23(2)19(22)25)12-18(24)21-10-9-14-5-3-4-6-15(14)20/h3-8,11H,9-10,12H2,1-2H3,(H,21,24). The van der Waals surface area contributed by atoms with Crippen LogP contribution in [-0.2, 0) is 31.7 Å². The van der Waals surface area contributed by atoms with Gasteiger partial charge >= 0.3 is 5.69 Å². The fourth-order valence-corrected chi connectivity index (χ4v) is 2.95. The second kappa shape index (κ2) is 6.93. The number of carbonyl (C=O) groups is 1. The Labute approximate surface area is 144 Å². The molecule has 0 aliphatic rings. The van der Waals surface area contributed by atoms with E-state index in [9.17, 15) is 14.0 Å². The smallest absolute Gasteiger partial charge is 0.328 e. The number of carbonyl (C=O) groups excluding carboxylic acids is 1. The van der Waals surface area contributed by atoms with Gasteiger partial charge in [0, 0.05) is 20.6 Å². The van der Waals surface area contributed by atoms with Gasteiger partial charge in [-0.1, -0.05) is 24.3 Å². The van der Waals surface area contributed by atoms with Crippen LogP contribution in [0.5, 0.6) is 0 Å². The Balaban J connectivity index is 1.63. The molecular weight excluding hydrogens is 321 g/mol. The van der Waals surface area contributed by atoms with Crippen molar-refractivity contribution in [1.29, 1.82) is 0 Å². The Hall–Kier alpha value is -2.89. The number of nitrogens with zero attached hydrogens (tertiary/aromatic N) is 2. The molecule has 0 radical (unpaired) electrons. The minimum Gasteiger partial charge on any atom is -0.355 e. The molecule has 2 aromatic carbocycles. The topological polar surface area (TPSA) is 56.0 Å². The van der Waals surface area contributed by atoms with Gasteiger partial charge in [-0.2, -0.15) is 0 Å². The first-order chi connectivity index (χ1) is 12.0. The van der Waals surface area contributed by atoms with Crippen molar-refractivity contribution in [2.24, 2.45) is 14.1 Å². The zero-order valence-corrected chi connectivity index (χ0v) is 14.3. The highest BCUT2D eigenvalue weighted by Crippen LogP contribution is 2.14. The molecule has 25 heavy (non-hydrogen) atoms. The lowest BCUT2D eigenvalue weighted by molar-refractivity contribution is -0.120. The first-order valence-corrected chi connectivity index (χ1v) is 8.12. The van der Waals surface area contributed by atoms with E-state index >= 15 is 0 Å². The summed E-state index contributed by atoms with van der Waals surface area (Å²) in [6.07, 6.45) is 0.668. The van der Waals surface area contributed by atoms with Crippen molar-refractivity contribution in [1.82, 2.24) is 14.5 Å². The van der Waals surface area contributed by atoms with Crippen molar-refractivity contribution < 1.29 is 9.18 Å². The predicted molar refractivity (Wildman–Crippen MR) is 95.0 cm³/mol. The third-order valence-electron chi connectivity index (χ3n) is 4.38. The van der Waals surface area contributed by atoms with Crippen LogP contribution in [-0.4, -0.2) is 21.6 Å². The van der Waals surface area contributed by atoms with E-state index in [2.05, 4.69) is 5.32 Å². The van der Waals surface area contributed by atoms with E-state index in [-0.39, 0.29) is 23.8 Å². The van der Waals surface area contributed by atoms with E-state index in [0.29, 0.717) is 18.5 Å². The zero-order valence-electron chi connectivity index (χ0n) is 14.3. The van der Waals surface area contributed by atoms with E-state index in [1.54, 1.807) is 41.4 Å². The summed E-state index contributed by atoms with van der Waals surface area (Å²) in [4.78, 5) is 24.0. The molecule has 6 heteroatoms. The molecule has 0 atom stereocenters. The van der Waals surface area contributed by atoms with E-state index in [1.807, 2.05) is 18.2 Å². The van der Waals surface area contributed by atoms with Crippen LogP contribution in [0.3, 0.4) is 0 Å². The second-order valence-electron chi connectivity index (χ2n) is 6.09. The molecule has 3 aromatic rings. The highest BCUT2D eigenvalue weighted by Gasteiger charge is 2.10. The van der Waals surface area contributed by atoms with Crippen molar-refractivity contribution in [2.75, 3.05) is 6.54 Å². The number of benzene rings is 2. The molecule has 0 fully saturated rings. The number of halogens is 1. The van der Waals surface area contributed by atoms with Gasteiger partial charge in [-0.25, -0.2) is 9.18 Å². The number of rotatable bonds is 5. The average molecular weight is 341 g/mol.